The first-order chi connectivity index (χ1) is 5.77. The molecule has 0 spiro atoms. The predicted octanol–water partition coefficient (Wildman–Crippen LogP) is 0.664. The van der Waals surface area contributed by atoms with E-state index in [1.807, 2.05) is 0 Å². The number of hydrogen-bond acceptors (Lipinski definition) is 4. The van der Waals surface area contributed by atoms with Gasteiger partial charge in [-0.2, -0.15) is 0 Å². The van der Waals surface area contributed by atoms with E-state index in [9.17, 15) is 9.59 Å². The largest absolute Gasteiger partial charge is 0.469 e. The van der Waals surface area contributed by atoms with Crippen molar-refractivity contribution in [1.29, 1.82) is 0 Å². The number of hydrogen-bond donors (Lipinski definition) is 0. The van der Waals surface area contributed by atoms with Crippen molar-refractivity contribution in [1.82, 2.24) is 0 Å². The standard InChI is InChI=1S/C8H11NO3/c1-12-8(11)6-2-3-7(4-6)9-5-10/h6-7H,2-4H2,1H3/t6-,7+/m1/s1. The molecule has 12 heavy (non-hydrogen) atoms. The zero-order valence-electron chi connectivity index (χ0n) is 6.95. The molecule has 0 saturated heterocycles. The second kappa shape index (κ2) is 4.02. The number of isocyanates is 1. The number of methoxy groups -OCH3 is 1. The molecule has 1 saturated carbocycles. The van der Waals surface area contributed by atoms with Gasteiger partial charge in [0.1, 0.15) is 0 Å². The molecular weight excluding hydrogens is 158 g/mol. The molecule has 0 N–H and O–H groups in total. The van der Waals surface area contributed by atoms with Gasteiger partial charge in [0.15, 0.2) is 0 Å². The number of rotatable bonds is 2. The van der Waals surface area contributed by atoms with Gasteiger partial charge < -0.3 is 4.74 Å². The third-order valence-electron chi connectivity index (χ3n) is 2.17. The minimum absolute atomic E-state index is 0.0217. The number of nitrogens with zero attached hydrogens (tertiary/aromatic N) is 1. The molecule has 1 rings (SSSR count). The molecule has 0 aromatic rings. The van der Waals surface area contributed by atoms with Gasteiger partial charge in [0.05, 0.1) is 19.1 Å². The summed E-state index contributed by atoms with van der Waals surface area (Å²) in [5.41, 5.74) is 0. The van der Waals surface area contributed by atoms with Crippen molar-refractivity contribution < 1.29 is 14.3 Å². The molecule has 0 aromatic heterocycles. The highest BCUT2D eigenvalue weighted by Gasteiger charge is 2.30. The quantitative estimate of drug-likeness (QED) is 0.346. The highest BCUT2D eigenvalue weighted by atomic mass is 16.5. The maximum absolute atomic E-state index is 11.0. The summed E-state index contributed by atoms with van der Waals surface area (Å²) < 4.78 is 4.58. The Kier molecular flexibility index (Phi) is 3.00. The summed E-state index contributed by atoms with van der Waals surface area (Å²) in [7, 11) is 1.37. The van der Waals surface area contributed by atoms with E-state index in [-0.39, 0.29) is 17.9 Å². The summed E-state index contributed by atoms with van der Waals surface area (Å²) in [5.74, 6) is -0.268. The fourth-order valence-electron chi connectivity index (χ4n) is 1.53. The van der Waals surface area contributed by atoms with Crippen LogP contribution in [0.4, 0.5) is 0 Å². The first kappa shape index (κ1) is 8.94. The van der Waals surface area contributed by atoms with E-state index in [1.165, 1.54) is 13.2 Å². The summed E-state index contributed by atoms with van der Waals surface area (Å²) in [4.78, 5) is 24.5. The van der Waals surface area contributed by atoms with E-state index in [1.54, 1.807) is 0 Å². The summed E-state index contributed by atoms with van der Waals surface area (Å²) in [6, 6.07) is -0.0217. The molecule has 0 unspecified atom stereocenters. The maximum atomic E-state index is 11.0. The Morgan fingerprint density at radius 3 is 2.92 bits per heavy atom. The number of aliphatic imine (C=N–C) groups is 1. The molecule has 2 atom stereocenters. The Morgan fingerprint density at radius 1 is 1.58 bits per heavy atom. The number of carbonyl (C=O) groups is 1. The van der Waals surface area contributed by atoms with Crippen LogP contribution in [-0.4, -0.2) is 25.2 Å². The first-order valence-corrected chi connectivity index (χ1v) is 3.92. The van der Waals surface area contributed by atoms with Gasteiger partial charge in [-0.3, -0.25) is 4.79 Å². The molecule has 4 heteroatoms. The van der Waals surface area contributed by atoms with Crippen molar-refractivity contribution in [3.8, 4) is 0 Å². The van der Waals surface area contributed by atoms with E-state index in [4.69, 9.17) is 0 Å². The molecule has 0 bridgehead atoms. The lowest BCUT2D eigenvalue weighted by molar-refractivity contribution is -0.145. The fraction of sp³-hybridized carbons (Fsp3) is 0.750. The summed E-state index contributed by atoms with van der Waals surface area (Å²) in [6.45, 7) is 0. The molecule has 1 aliphatic rings. The van der Waals surface area contributed by atoms with Crippen LogP contribution in [0.2, 0.25) is 0 Å². The predicted molar refractivity (Wildman–Crippen MR) is 41.3 cm³/mol. The average Bonchev–Trinajstić information content (AvgIpc) is 2.52. The smallest absolute Gasteiger partial charge is 0.308 e. The summed E-state index contributed by atoms with van der Waals surface area (Å²) >= 11 is 0. The third kappa shape index (κ3) is 1.92. The molecule has 0 amide bonds. The Bertz CT molecular complexity index is 220. The Hall–Kier alpha value is -1.15. The fourth-order valence-corrected chi connectivity index (χ4v) is 1.53. The number of carbonyl (C=O) groups excluding carboxylic acids is 2. The topological polar surface area (TPSA) is 55.7 Å². The zero-order chi connectivity index (χ0) is 8.97. The summed E-state index contributed by atoms with van der Waals surface area (Å²) in [5, 5.41) is 0. The van der Waals surface area contributed by atoms with Gasteiger partial charge in [-0.15, -0.1) is 0 Å². The Labute approximate surface area is 70.6 Å². The van der Waals surface area contributed by atoms with E-state index in [0.717, 1.165) is 12.8 Å². The lowest BCUT2D eigenvalue weighted by atomic mass is 10.1. The van der Waals surface area contributed by atoms with Crippen LogP contribution in [0.25, 0.3) is 0 Å². The minimum atomic E-state index is -0.196. The van der Waals surface area contributed by atoms with Gasteiger partial charge in [-0.25, -0.2) is 9.79 Å². The Morgan fingerprint density at radius 2 is 2.33 bits per heavy atom. The van der Waals surface area contributed by atoms with Crippen molar-refractivity contribution in [2.24, 2.45) is 10.9 Å². The highest BCUT2D eigenvalue weighted by Crippen LogP contribution is 2.28. The van der Waals surface area contributed by atoms with Crippen molar-refractivity contribution in [3.63, 3.8) is 0 Å². The second-order valence-corrected chi connectivity index (χ2v) is 2.91. The van der Waals surface area contributed by atoms with Crippen molar-refractivity contribution in [2.45, 2.75) is 25.3 Å². The SMILES string of the molecule is COC(=O)[C@@H]1CC[C@H](N=C=O)C1. The third-order valence-corrected chi connectivity index (χ3v) is 2.17. The highest BCUT2D eigenvalue weighted by molar-refractivity contribution is 5.72. The molecule has 0 radical (unpaired) electrons. The normalized spacial score (nSPS) is 27.8. The summed E-state index contributed by atoms with van der Waals surface area (Å²) in [6.07, 6.45) is 3.69. The molecule has 4 nitrogen and oxygen atoms in total. The van der Waals surface area contributed by atoms with Crippen LogP contribution < -0.4 is 0 Å². The van der Waals surface area contributed by atoms with Gasteiger partial charge in [-0.05, 0) is 19.3 Å². The van der Waals surface area contributed by atoms with Gasteiger partial charge >= 0.3 is 5.97 Å². The van der Waals surface area contributed by atoms with Crippen molar-refractivity contribution >= 4 is 12.0 Å². The molecule has 0 aromatic carbocycles. The monoisotopic (exact) mass is 169 g/mol. The molecular formula is C8H11NO3. The van der Waals surface area contributed by atoms with Crippen molar-refractivity contribution in [3.05, 3.63) is 0 Å². The van der Waals surface area contributed by atoms with Crippen molar-refractivity contribution in [2.75, 3.05) is 7.11 Å². The van der Waals surface area contributed by atoms with Crippen LogP contribution in [0, 0.1) is 5.92 Å². The number of esters is 1. The van der Waals surface area contributed by atoms with Gasteiger partial charge in [-0.1, -0.05) is 0 Å². The average molecular weight is 169 g/mol. The lowest BCUT2D eigenvalue weighted by Crippen LogP contribution is -2.13. The lowest BCUT2D eigenvalue weighted by Gasteiger charge is -2.04. The van der Waals surface area contributed by atoms with E-state index in [0.29, 0.717) is 6.42 Å². The molecule has 0 aliphatic heterocycles. The van der Waals surface area contributed by atoms with E-state index < -0.39 is 0 Å². The van der Waals surface area contributed by atoms with Gasteiger partial charge in [0, 0.05) is 0 Å². The molecule has 0 heterocycles. The van der Waals surface area contributed by atoms with Crippen LogP contribution in [0.1, 0.15) is 19.3 Å². The van der Waals surface area contributed by atoms with Crippen LogP contribution in [0.3, 0.4) is 0 Å². The molecule has 1 fully saturated rings. The molecule has 1 aliphatic carbocycles. The second-order valence-electron chi connectivity index (χ2n) is 2.91. The molecule has 66 valence electrons. The maximum Gasteiger partial charge on any atom is 0.308 e. The zero-order valence-corrected chi connectivity index (χ0v) is 6.95. The van der Waals surface area contributed by atoms with Gasteiger partial charge in [0.25, 0.3) is 0 Å². The van der Waals surface area contributed by atoms with Crippen LogP contribution in [-0.2, 0) is 14.3 Å². The van der Waals surface area contributed by atoms with Crippen LogP contribution >= 0.6 is 0 Å². The first-order valence-electron chi connectivity index (χ1n) is 3.92. The van der Waals surface area contributed by atoms with Crippen LogP contribution in [0.5, 0.6) is 0 Å². The van der Waals surface area contributed by atoms with E-state index >= 15 is 0 Å². The van der Waals surface area contributed by atoms with Gasteiger partial charge in [0.2, 0.25) is 6.08 Å². The van der Waals surface area contributed by atoms with Crippen LogP contribution in [0.15, 0.2) is 4.99 Å². The minimum Gasteiger partial charge on any atom is -0.469 e. The van der Waals surface area contributed by atoms with E-state index in [2.05, 4.69) is 9.73 Å². The Balaban J connectivity index is 2.45. The number of ether oxygens (including phenoxy) is 1.